The molecule has 2 heteroatoms. The van der Waals surface area contributed by atoms with Crippen LogP contribution in [0.5, 0.6) is 0 Å². The first-order chi connectivity index (χ1) is 7.44. The molecule has 0 amide bonds. The summed E-state index contributed by atoms with van der Waals surface area (Å²) >= 11 is 0. The van der Waals surface area contributed by atoms with Crippen molar-refractivity contribution in [2.24, 2.45) is 11.3 Å². The molecule has 2 nitrogen and oxygen atoms in total. The van der Waals surface area contributed by atoms with E-state index in [1.54, 1.807) is 6.92 Å². The SMILES string of the molecule is CC(=O)CC[C@@H]1[C@H](c2cocc2C)C1(C)C. The van der Waals surface area contributed by atoms with Gasteiger partial charge in [-0.2, -0.15) is 0 Å². The van der Waals surface area contributed by atoms with Crippen LogP contribution in [0.3, 0.4) is 0 Å². The van der Waals surface area contributed by atoms with Crippen LogP contribution in [-0.2, 0) is 4.79 Å². The maximum absolute atomic E-state index is 11.0. The summed E-state index contributed by atoms with van der Waals surface area (Å²) in [6, 6.07) is 0. The monoisotopic (exact) mass is 220 g/mol. The summed E-state index contributed by atoms with van der Waals surface area (Å²) in [4.78, 5) is 11.0. The fourth-order valence-corrected chi connectivity index (χ4v) is 2.95. The second-order valence-electron chi connectivity index (χ2n) is 5.66. The third kappa shape index (κ3) is 1.81. The van der Waals surface area contributed by atoms with Crippen LogP contribution in [0.25, 0.3) is 0 Å². The van der Waals surface area contributed by atoms with Crippen molar-refractivity contribution in [1.82, 2.24) is 0 Å². The highest BCUT2D eigenvalue weighted by molar-refractivity contribution is 5.75. The van der Waals surface area contributed by atoms with Gasteiger partial charge in [0.25, 0.3) is 0 Å². The molecule has 1 fully saturated rings. The standard InChI is InChI=1S/C14H20O2/c1-9-7-16-8-11(9)13-12(14(13,3)4)6-5-10(2)15/h7-8,12-13H,5-6H2,1-4H3/t12-,13+/m1/s1. The van der Waals surface area contributed by atoms with E-state index in [0.717, 1.165) is 6.42 Å². The van der Waals surface area contributed by atoms with Crippen molar-refractivity contribution in [3.63, 3.8) is 0 Å². The van der Waals surface area contributed by atoms with Gasteiger partial charge in [0.2, 0.25) is 0 Å². The van der Waals surface area contributed by atoms with Gasteiger partial charge in [0.15, 0.2) is 0 Å². The summed E-state index contributed by atoms with van der Waals surface area (Å²) in [6.07, 6.45) is 5.40. The smallest absolute Gasteiger partial charge is 0.129 e. The highest BCUT2D eigenvalue weighted by atomic mass is 16.3. The fourth-order valence-electron chi connectivity index (χ4n) is 2.95. The van der Waals surface area contributed by atoms with Gasteiger partial charge in [0.1, 0.15) is 5.78 Å². The number of carbonyl (C=O) groups excluding carboxylic acids is 1. The Kier molecular flexibility index (Phi) is 2.69. The molecular weight excluding hydrogens is 200 g/mol. The highest BCUT2D eigenvalue weighted by Crippen LogP contribution is 2.66. The van der Waals surface area contributed by atoms with E-state index >= 15 is 0 Å². The van der Waals surface area contributed by atoms with Crippen molar-refractivity contribution in [2.75, 3.05) is 0 Å². The van der Waals surface area contributed by atoms with Crippen molar-refractivity contribution in [3.05, 3.63) is 23.7 Å². The molecule has 1 heterocycles. The van der Waals surface area contributed by atoms with Crippen LogP contribution in [0.2, 0.25) is 0 Å². The molecular formula is C14H20O2. The zero-order valence-corrected chi connectivity index (χ0v) is 10.5. The van der Waals surface area contributed by atoms with Crippen LogP contribution in [0.15, 0.2) is 16.9 Å². The van der Waals surface area contributed by atoms with Crippen LogP contribution in [0, 0.1) is 18.3 Å². The van der Waals surface area contributed by atoms with Gasteiger partial charge in [-0.3, -0.25) is 0 Å². The minimum absolute atomic E-state index is 0.297. The molecule has 0 N–H and O–H groups in total. The second-order valence-corrected chi connectivity index (χ2v) is 5.66. The van der Waals surface area contributed by atoms with E-state index in [4.69, 9.17) is 4.42 Å². The highest BCUT2D eigenvalue weighted by Gasteiger charge is 2.58. The summed E-state index contributed by atoms with van der Waals surface area (Å²) < 4.78 is 5.25. The average molecular weight is 220 g/mol. The van der Waals surface area contributed by atoms with E-state index in [2.05, 4.69) is 20.8 Å². The van der Waals surface area contributed by atoms with Crippen molar-refractivity contribution in [3.8, 4) is 0 Å². The van der Waals surface area contributed by atoms with E-state index in [1.165, 1.54) is 11.1 Å². The first-order valence-electron chi connectivity index (χ1n) is 5.96. The third-order valence-corrected chi connectivity index (χ3v) is 4.09. The number of hydrogen-bond acceptors (Lipinski definition) is 2. The average Bonchev–Trinajstić information content (AvgIpc) is 2.53. The van der Waals surface area contributed by atoms with Crippen LogP contribution in [0.1, 0.15) is 50.7 Å². The number of carbonyl (C=O) groups is 1. The first-order valence-corrected chi connectivity index (χ1v) is 5.96. The minimum atomic E-state index is 0.297. The molecule has 2 rings (SSSR count). The van der Waals surface area contributed by atoms with Crippen molar-refractivity contribution < 1.29 is 9.21 Å². The molecule has 1 aromatic heterocycles. The molecule has 0 radical (unpaired) electrons. The molecule has 1 aromatic rings. The lowest BCUT2D eigenvalue weighted by atomic mass is 10.0. The topological polar surface area (TPSA) is 30.2 Å². The Hall–Kier alpha value is -1.05. The minimum Gasteiger partial charge on any atom is -0.472 e. The van der Waals surface area contributed by atoms with Gasteiger partial charge in [-0.15, -0.1) is 0 Å². The molecule has 88 valence electrons. The predicted octanol–water partition coefficient (Wildman–Crippen LogP) is 3.70. The van der Waals surface area contributed by atoms with E-state index in [-0.39, 0.29) is 0 Å². The van der Waals surface area contributed by atoms with Gasteiger partial charge >= 0.3 is 0 Å². The Morgan fingerprint density at radius 3 is 2.62 bits per heavy atom. The van der Waals surface area contributed by atoms with Crippen LogP contribution in [-0.4, -0.2) is 5.78 Å². The van der Waals surface area contributed by atoms with Gasteiger partial charge in [-0.1, -0.05) is 13.8 Å². The molecule has 0 aliphatic heterocycles. The number of Topliss-reactive ketones (excluding diaryl/α,β-unsaturated/α-hetero) is 1. The normalized spacial score (nSPS) is 26.8. The Morgan fingerprint density at radius 2 is 2.12 bits per heavy atom. The molecule has 16 heavy (non-hydrogen) atoms. The van der Waals surface area contributed by atoms with Crippen LogP contribution < -0.4 is 0 Å². The zero-order chi connectivity index (χ0) is 11.9. The summed E-state index contributed by atoms with van der Waals surface area (Å²) in [5.74, 6) is 1.50. The van der Waals surface area contributed by atoms with E-state index in [0.29, 0.717) is 29.5 Å². The first kappa shape index (κ1) is 11.4. The fraction of sp³-hybridized carbons (Fsp3) is 0.643. The lowest BCUT2D eigenvalue weighted by molar-refractivity contribution is -0.117. The number of furan rings is 1. The number of ketones is 1. The van der Waals surface area contributed by atoms with Gasteiger partial charge in [-0.25, -0.2) is 0 Å². The van der Waals surface area contributed by atoms with Gasteiger partial charge in [0, 0.05) is 6.42 Å². The molecule has 0 saturated heterocycles. The van der Waals surface area contributed by atoms with Crippen molar-refractivity contribution in [2.45, 2.75) is 46.5 Å². The molecule has 2 atom stereocenters. The quantitative estimate of drug-likeness (QED) is 0.774. The Morgan fingerprint density at radius 1 is 1.44 bits per heavy atom. The summed E-state index contributed by atoms with van der Waals surface area (Å²) in [6.45, 7) is 8.34. The van der Waals surface area contributed by atoms with Crippen molar-refractivity contribution in [1.29, 1.82) is 0 Å². The molecule has 0 spiro atoms. The summed E-state index contributed by atoms with van der Waals surface area (Å²) in [5.41, 5.74) is 2.89. The molecule has 0 unspecified atom stereocenters. The Bertz CT molecular complexity index is 401. The van der Waals surface area contributed by atoms with Gasteiger partial charge in [-0.05, 0) is 48.6 Å². The molecule has 1 saturated carbocycles. The number of aryl methyl sites for hydroxylation is 1. The summed E-state index contributed by atoms with van der Waals surface area (Å²) in [7, 11) is 0. The largest absolute Gasteiger partial charge is 0.472 e. The molecule has 0 aromatic carbocycles. The molecule has 1 aliphatic rings. The van der Waals surface area contributed by atoms with E-state index in [1.807, 2.05) is 12.5 Å². The maximum atomic E-state index is 11.0. The predicted molar refractivity (Wildman–Crippen MR) is 63.4 cm³/mol. The lowest BCUT2D eigenvalue weighted by Gasteiger charge is -2.00. The van der Waals surface area contributed by atoms with E-state index < -0.39 is 0 Å². The third-order valence-electron chi connectivity index (χ3n) is 4.09. The van der Waals surface area contributed by atoms with Gasteiger partial charge < -0.3 is 9.21 Å². The number of rotatable bonds is 4. The van der Waals surface area contributed by atoms with Crippen molar-refractivity contribution >= 4 is 5.78 Å². The summed E-state index contributed by atoms with van der Waals surface area (Å²) in [5, 5.41) is 0. The lowest BCUT2D eigenvalue weighted by Crippen LogP contribution is -1.94. The van der Waals surface area contributed by atoms with Gasteiger partial charge in [0.05, 0.1) is 12.5 Å². The van der Waals surface area contributed by atoms with Crippen LogP contribution >= 0.6 is 0 Å². The van der Waals surface area contributed by atoms with Crippen LogP contribution in [0.4, 0.5) is 0 Å². The molecule has 0 bridgehead atoms. The second kappa shape index (κ2) is 3.76. The maximum Gasteiger partial charge on any atom is 0.129 e. The molecule has 1 aliphatic carbocycles. The number of hydrogen-bond donors (Lipinski definition) is 0. The Balaban J connectivity index is 2.08. The zero-order valence-electron chi connectivity index (χ0n) is 10.5. The van der Waals surface area contributed by atoms with E-state index in [9.17, 15) is 4.79 Å². The Labute approximate surface area is 97.0 Å².